The molecule has 0 radical (unpaired) electrons. The maximum absolute atomic E-state index is 12.8. The van der Waals surface area contributed by atoms with Gasteiger partial charge in [-0.2, -0.15) is 0 Å². The second-order valence-corrected chi connectivity index (χ2v) is 11.7. The Labute approximate surface area is 215 Å². The summed E-state index contributed by atoms with van der Waals surface area (Å²) in [6.07, 6.45) is 12.3. The summed E-state index contributed by atoms with van der Waals surface area (Å²) < 4.78 is 6.11. The molecule has 1 aliphatic heterocycles. The molecule has 2 atom stereocenters. The average Bonchev–Trinajstić information content (AvgIpc) is 3.30. The number of benzene rings is 1. The van der Waals surface area contributed by atoms with E-state index in [4.69, 9.17) is 4.74 Å². The first-order chi connectivity index (χ1) is 17.7. The molecule has 1 aromatic carbocycles. The minimum absolute atomic E-state index is 0.254. The number of pyridine rings is 1. The van der Waals surface area contributed by atoms with E-state index in [1.54, 1.807) is 6.20 Å². The van der Waals surface area contributed by atoms with Crippen LogP contribution in [0.3, 0.4) is 0 Å². The molecule has 4 bridgehead atoms. The Bertz CT molecular complexity index is 1020. The maximum Gasteiger partial charge on any atom is 0.236 e. The molecule has 2 heterocycles. The highest BCUT2D eigenvalue weighted by Crippen LogP contribution is 2.66. The Morgan fingerprint density at radius 2 is 1.83 bits per heavy atom. The normalized spacial score (nSPS) is 29.1. The quantitative estimate of drug-likeness (QED) is 0.510. The van der Waals surface area contributed by atoms with E-state index in [1.807, 2.05) is 35.4 Å². The molecule has 5 fully saturated rings. The van der Waals surface area contributed by atoms with Gasteiger partial charge in [0.1, 0.15) is 12.4 Å². The lowest BCUT2D eigenvalue weighted by molar-refractivity contribution is -0.132. The van der Waals surface area contributed by atoms with Crippen LogP contribution in [0.25, 0.3) is 0 Å². The molecule has 192 valence electrons. The minimum Gasteiger partial charge on any atom is -0.489 e. The summed E-state index contributed by atoms with van der Waals surface area (Å²) in [7, 11) is 0. The molecular formula is C30H40N4O2. The number of hydrogen-bond donors (Lipinski definition) is 1. The SMILES string of the molecule is O=C(CNCCC12CC3CC(CC1C3)C2)N1CCN(Cc2ccccc2OCc2cccnc2)CC1. The van der Waals surface area contributed by atoms with Gasteiger partial charge < -0.3 is 15.0 Å². The average molecular weight is 489 g/mol. The molecule has 6 nitrogen and oxygen atoms in total. The minimum atomic E-state index is 0.254. The number of aromatic nitrogens is 1. The summed E-state index contributed by atoms with van der Waals surface area (Å²) in [5.41, 5.74) is 2.88. The number of hydrogen-bond acceptors (Lipinski definition) is 5. The number of rotatable bonds is 10. The molecule has 1 amide bonds. The first-order valence-electron chi connectivity index (χ1n) is 14.0. The Hall–Kier alpha value is -2.44. The summed E-state index contributed by atoms with van der Waals surface area (Å²) >= 11 is 0. The van der Waals surface area contributed by atoms with Crippen LogP contribution in [0, 0.1) is 23.2 Å². The van der Waals surface area contributed by atoms with Crippen molar-refractivity contribution in [3.63, 3.8) is 0 Å². The highest BCUT2D eigenvalue weighted by Gasteiger charge is 2.56. The van der Waals surface area contributed by atoms with Crippen molar-refractivity contribution in [1.82, 2.24) is 20.1 Å². The molecule has 2 unspecified atom stereocenters. The van der Waals surface area contributed by atoms with E-state index in [-0.39, 0.29) is 5.91 Å². The van der Waals surface area contributed by atoms with Gasteiger partial charge in [-0.3, -0.25) is 14.7 Å². The number of ether oxygens (including phenoxy) is 1. The number of amides is 1. The summed E-state index contributed by atoms with van der Waals surface area (Å²) in [4.78, 5) is 21.5. The summed E-state index contributed by atoms with van der Waals surface area (Å²) in [5.74, 6) is 4.19. The van der Waals surface area contributed by atoms with Gasteiger partial charge in [0, 0.05) is 56.2 Å². The summed E-state index contributed by atoms with van der Waals surface area (Å²) in [5, 5.41) is 3.51. The number of nitrogens with zero attached hydrogens (tertiary/aromatic N) is 3. The predicted molar refractivity (Wildman–Crippen MR) is 140 cm³/mol. The number of carbonyl (C=O) groups is 1. The molecule has 5 aliphatic rings. The zero-order valence-electron chi connectivity index (χ0n) is 21.4. The Morgan fingerprint density at radius 3 is 2.61 bits per heavy atom. The first-order valence-corrected chi connectivity index (χ1v) is 14.0. The predicted octanol–water partition coefficient (Wildman–Crippen LogP) is 4.11. The van der Waals surface area contributed by atoms with Gasteiger partial charge in [-0.05, 0) is 80.4 Å². The van der Waals surface area contributed by atoms with Gasteiger partial charge in [0.25, 0.3) is 0 Å². The number of carbonyl (C=O) groups excluding carboxylic acids is 1. The Kier molecular flexibility index (Phi) is 6.98. The van der Waals surface area contributed by atoms with Crippen LogP contribution < -0.4 is 10.1 Å². The van der Waals surface area contributed by atoms with Crippen LogP contribution in [0.4, 0.5) is 0 Å². The monoisotopic (exact) mass is 488 g/mol. The van der Waals surface area contributed by atoms with Gasteiger partial charge in [0.2, 0.25) is 5.91 Å². The highest BCUT2D eigenvalue weighted by atomic mass is 16.5. The maximum atomic E-state index is 12.8. The van der Waals surface area contributed by atoms with Gasteiger partial charge >= 0.3 is 0 Å². The van der Waals surface area contributed by atoms with Crippen LogP contribution >= 0.6 is 0 Å². The Balaban J connectivity index is 0.923. The van der Waals surface area contributed by atoms with E-state index in [9.17, 15) is 4.79 Å². The molecule has 1 aromatic heterocycles. The van der Waals surface area contributed by atoms with Crippen LogP contribution in [-0.4, -0.2) is 60.0 Å². The van der Waals surface area contributed by atoms with Gasteiger partial charge in [0.15, 0.2) is 0 Å². The largest absolute Gasteiger partial charge is 0.489 e. The zero-order valence-corrected chi connectivity index (χ0v) is 21.4. The van der Waals surface area contributed by atoms with Crippen LogP contribution in [0.15, 0.2) is 48.8 Å². The van der Waals surface area contributed by atoms with E-state index in [2.05, 4.69) is 27.3 Å². The van der Waals surface area contributed by atoms with Crippen molar-refractivity contribution >= 4 is 5.91 Å². The smallest absolute Gasteiger partial charge is 0.236 e. The fourth-order valence-corrected chi connectivity index (χ4v) is 7.83. The molecule has 6 heteroatoms. The standard InChI is InChI=1S/C30H40N4O2/c35-29(20-32-9-7-30-17-24-14-25(18-30)16-27(30)15-24)34-12-10-33(11-13-34)21-26-5-1-2-6-28(26)36-22-23-4-3-8-31-19-23/h1-6,8,19,24-25,27,32H,7,9-18,20-22H2. The molecule has 0 spiro atoms. The van der Waals surface area contributed by atoms with E-state index in [1.165, 1.54) is 44.1 Å². The van der Waals surface area contributed by atoms with Gasteiger partial charge in [0.05, 0.1) is 6.54 Å². The lowest BCUT2D eigenvalue weighted by Crippen LogP contribution is -2.50. The molecule has 1 saturated heterocycles. The van der Waals surface area contributed by atoms with Gasteiger partial charge in [-0.15, -0.1) is 0 Å². The van der Waals surface area contributed by atoms with Crippen molar-refractivity contribution in [2.75, 3.05) is 39.3 Å². The van der Waals surface area contributed by atoms with Crippen molar-refractivity contribution in [3.05, 3.63) is 59.9 Å². The molecule has 2 aromatic rings. The molecular weight excluding hydrogens is 448 g/mol. The van der Waals surface area contributed by atoms with Crippen LogP contribution in [-0.2, 0) is 17.9 Å². The second kappa shape index (κ2) is 10.5. The molecule has 36 heavy (non-hydrogen) atoms. The van der Waals surface area contributed by atoms with Crippen molar-refractivity contribution in [2.45, 2.75) is 51.7 Å². The molecule has 4 aliphatic carbocycles. The molecule has 1 N–H and O–H groups in total. The number of nitrogens with one attached hydrogen (secondary N) is 1. The summed E-state index contributed by atoms with van der Waals surface area (Å²) in [6, 6.07) is 12.2. The third-order valence-electron chi connectivity index (χ3n) is 9.44. The second-order valence-electron chi connectivity index (χ2n) is 11.7. The Morgan fingerprint density at radius 1 is 1.03 bits per heavy atom. The third kappa shape index (κ3) is 5.16. The highest BCUT2D eigenvalue weighted by molar-refractivity contribution is 5.78. The van der Waals surface area contributed by atoms with E-state index >= 15 is 0 Å². The third-order valence-corrected chi connectivity index (χ3v) is 9.44. The molecule has 4 saturated carbocycles. The molecule has 7 rings (SSSR count). The van der Waals surface area contributed by atoms with Crippen molar-refractivity contribution in [2.24, 2.45) is 23.2 Å². The van der Waals surface area contributed by atoms with Gasteiger partial charge in [-0.25, -0.2) is 0 Å². The van der Waals surface area contributed by atoms with Gasteiger partial charge in [-0.1, -0.05) is 24.3 Å². The van der Waals surface area contributed by atoms with Crippen molar-refractivity contribution < 1.29 is 9.53 Å². The topological polar surface area (TPSA) is 57.7 Å². The zero-order chi connectivity index (χ0) is 24.4. The van der Waals surface area contributed by atoms with Crippen molar-refractivity contribution in [1.29, 1.82) is 0 Å². The number of para-hydroxylation sites is 1. The fourth-order valence-electron chi connectivity index (χ4n) is 7.83. The van der Waals surface area contributed by atoms with Crippen LogP contribution in [0.1, 0.15) is 49.7 Å². The first kappa shape index (κ1) is 23.9. The van der Waals surface area contributed by atoms with E-state index < -0.39 is 0 Å². The number of piperazine rings is 1. The summed E-state index contributed by atoms with van der Waals surface area (Å²) in [6.45, 7) is 6.24. The lowest BCUT2D eigenvalue weighted by atomic mass is 9.73. The lowest BCUT2D eigenvalue weighted by Gasteiger charge is -2.35. The van der Waals surface area contributed by atoms with E-state index in [0.717, 1.165) is 68.3 Å². The van der Waals surface area contributed by atoms with E-state index in [0.29, 0.717) is 18.6 Å². The van der Waals surface area contributed by atoms with Crippen LogP contribution in [0.2, 0.25) is 0 Å². The van der Waals surface area contributed by atoms with Crippen molar-refractivity contribution in [3.8, 4) is 5.75 Å². The fraction of sp³-hybridized carbons (Fsp3) is 0.600. The van der Waals surface area contributed by atoms with Crippen LogP contribution in [0.5, 0.6) is 5.75 Å².